The molecule has 1 aliphatic heterocycles. The quantitative estimate of drug-likeness (QED) is 0.834. The van der Waals surface area contributed by atoms with Crippen LogP contribution in [-0.4, -0.2) is 48.3 Å². The zero-order valence-electron chi connectivity index (χ0n) is 16.1. The predicted molar refractivity (Wildman–Crippen MR) is 107 cm³/mol. The van der Waals surface area contributed by atoms with Gasteiger partial charge in [-0.25, -0.2) is 4.39 Å². The van der Waals surface area contributed by atoms with E-state index in [1.807, 2.05) is 47.2 Å². The Kier molecular flexibility index (Phi) is 6.76. The smallest absolute Gasteiger partial charge is 0.236 e. The standard InChI is InChI=1S/C22H26FN3O2/c1-25(15-17-7-9-19(23)10-8-17)16-21(27)26-13-11-18(12-14-26)22(28)24-20-5-3-2-4-6-20/h2-10,18H,11-16H2,1H3,(H,24,28). The Labute approximate surface area is 165 Å². The lowest BCUT2D eigenvalue weighted by atomic mass is 9.95. The van der Waals surface area contributed by atoms with Crippen LogP contribution in [0.25, 0.3) is 0 Å². The van der Waals surface area contributed by atoms with Gasteiger partial charge in [0.05, 0.1) is 6.54 Å². The molecule has 0 aliphatic carbocycles. The summed E-state index contributed by atoms with van der Waals surface area (Å²) in [6.45, 7) is 2.08. The molecule has 1 aliphatic rings. The van der Waals surface area contributed by atoms with Crippen LogP contribution in [0.2, 0.25) is 0 Å². The maximum atomic E-state index is 13.0. The number of halogens is 1. The third kappa shape index (κ3) is 5.63. The molecule has 0 saturated carbocycles. The molecule has 0 atom stereocenters. The molecule has 2 amide bonds. The Morgan fingerprint density at radius 2 is 1.71 bits per heavy atom. The van der Waals surface area contributed by atoms with E-state index in [-0.39, 0.29) is 23.5 Å². The molecule has 0 aromatic heterocycles. The van der Waals surface area contributed by atoms with Crippen molar-refractivity contribution in [2.45, 2.75) is 19.4 Å². The number of carbonyl (C=O) groups is 2. The maximum absolute atomic E-state index is 13.0. The number of rotatable bonds is 6. The molecular formula is C22H26FN3O2. The lowest BCUT2D eigenvalue weighted by molar-refractivity contribution is -0.135. The number of piperidine rings is 1. The molecule has 28 heavy (non-hydrogen) atoms. The van der Waals surface area contributed by atoms with Crippen molar-refractivity contribution >= 4 is 17.5 Å². The third-order valence-corrected chi connectivity index (χ3v) is 5.03. The first-order valence-corrected chi connectivity index (χ1v) is 9.58. The van der Waals surface area contributed by atoms with Crippen molar-refractivity contribution in [2.24, 2.45) is 5.92 Å². The highest BCUT2D eigenvalue weighted by molar-refractivity contribution is 5.92. The van der Waals surface area contributed by atoms with Gasteiger partial charge in [-0.3, -0.25) is 14.5 Å². The molecule has 5 nitrogen and oxygen atoms in total. The van der Waals surface area contributed by atoms with Crippen molar-refractivity contribution in [3.63, 3.8) is 0 Å². The summed E-state index contributed by atoms with van der Waals surface area (Å²) in [6.07, 6.45) is 1.35. The molecule has 1 saturated heterocycles. The Hall–Kier alpha value is -2.73. The number of benzene rings is 2. The van der Waals surface area contributed by atoms with Crippen molar-refractivity contribution in [3.8, 4) is 0 Å². The van der Waals surface area contributed by atoms with Gasteiger partial charge in [0, 0.05) is 31.2 Å². The number of hydrogen-bond acceptors (Lipinski definition) is 3. The van der Waals surface area contributed by atoms with Gasteiger partial charge in [0.25, 0.3) is 0 Å². The van der Waals surface area contributed by atoms with Gasteiger partial charge in [-0.1, -0.05) is 30.3 Å². The number of hydrogen-bond donors (Lipinski definition) is 1. The summed E-state index contributed by atoms with van der Waals surface area (Å²) < 4.78 is 13.0. The molecule has 0 unspecified atom stereocenters. The van der Waals surface area contributed by atoms with Crippen LogP contribution in [-0.2, 0) is 16.1 Å². The van der Waals surface area contributed by atoms with E-state index in [1.165, 1.54) is 12.1 Å². The van der Waals surface area contributed by atoms with Crippen molar-refractivity contribution in [1.82, 2.24) is 9.80 Å². The summed E-state index contributed by atoms with van der Waals surface area (Å²) in [7, 11) is 1.88. The number of para-hydroxylation sites is 1. The first-order valence-electron chi connectivity index (χ1n) is 9.58. The average Bonchev–Trinajstić information content (AvgIpc) is 2.70. The predicted octanol–water partition coefficient (Wildman–Crippen LogP) is 3.13. The topological polar surface area (TPSA) is 52.7 Å². The highest BCUT2D eigenvalue weighted by Gasteiger charge is 2.27. The minimum atomic E-state index is -0.262. The van der Waals surface area contributed by atoms with E-state index in [4.69, 9.17) is 0 Å². The van der Waals surface area contributed by atoms with Gasteiger partial charge in [0.15, 0.2) is 0 Å². The lowest BCUT2D eigenvalue weighted by Gasteiger charge is -2.32. The minimum absolute atomic E-state index is 0.0201. The second kappa shape index (κ2) is 9.46. The second-order valence-corrected chi connectivity index (χ2v) is 7.31. The Morgan fingerprint density at radius 3 is 2.36 bits per heavy atom. The SMILES string of the molecule is CN(CC(=O)N1CCC(C(=O)Nc2ccccc2)CC1)Cc1ccc(F)cc1. The fourth-order valence-electron chi connectivity index (χ4n) is 3.45. The normalized spacial score (nSPS) is 14.9. The van der Waals surface area contributed by atoms with Gasteiger partial charge in [0.1, 0.15) is 5.82 Å². The Balaban J connectivity index is 1.43. The number of likely N-dealkylation sites (tertiary alicyclic amines) is 1. The average molecular weight is 383 g/mol. The first-order chi connectivity index (χ1) is 13.5. The van der Waals surface area contributed by atoms with E-state index in [1.54, 1.807) is 12.1 Å². The molecule has 2 aromatic carbocycles. The fourth-order valence-corrected chi connectivity index (χ4v) is 3.45. The molecule has 6 heteroatoms. The van der Waals surface area contributed by atoms with E-state index in [0.717, 1.165) is 11.3 Å². The van der Waals surface area contributed by atoms with Crippen LogP contribution in [0.15, 0.2) is 54.6 Å². The molecule has 0 radical (unpaired) electrons. The van der Waals surface area contributed by atoms with Gasteiger partial charge in [0.2, 0.25) is 11.8 Å². The van der Waals surface area contributed by atoms with E-state index in [0.29, 0.717) is 39.0 Å². The summed E-state index contributed by atoms with van der Waals surface area (Å²) in [5.41, 5.74) is 1.77. The summed E-state index contributed by atoms with van der Waals surface area (Å²) in [6, 6.07) is 15.7. The number of amides is 2. The number of carbonyl (C=O) groups excluding carboxylic acids is 2. The zero-order valence-corrected chi connectivity index (χ0v) is 16.1. The number of anilines is 1. The van der Waals surface area contributed by atoms with Gasteiger partial charge in [-0.05, 0) is 49.7 Å². The molecule has 0 bridgehead atoms. The van der Waals surface area contributed by atoms with Crippen LogP contribution >= 0.6 is 0 Å². The van der Waals surface area contributed by atoms with Crippen molar-refractivity contribution in [2.75, 3.05) is 32.0 Å². The van der Waals surface area contributed by atoms with E-state index < -0.39 is 0 Å². The molecule has 3 rings (SSSR count). The van der Waals surface area contributed by atoms with Crippen LogP contribution < -0.4 is 5.32 Å². The maximum Gasteiger partial charge on any atom is 0.236 e. The van der Waals surface area contributed by atoms with Gasteiger partial charge in [-0.2, -0.15) is 0 Å². The van der Waals surface area contributed by atoms with Gasteiger partial charge in [-0.15, -0.1) is 0 Å². The molecule has 148 valence electrons. The van der Waals surface area contributed by atoms with Crippen LogP contribution in [0, 0.1) is 11.7 Å². The monoisotopic (exact) mass is 383 g/mol. The first kappa shape index (κ1) is 20.0. The second-order valence-electron chi connectivity index (χ2n) is 7.31. The largest absolute Gasteiger partial charge is 0.342 e. The number of nitrogens with one attached hydrogen (secondary N) is 1. The van der Waals surface area contributed by atoms with Crippen LogP contribution in [0.5, 0.6) is 0 Å². The minimum Gasteiger partial charge on any atom is -0.342 e. The van der Waals surface area contributed by atoms with Gasteiger partial charge < -0.3 is 10.2 Å². The molecule has 2 aromatic rings. The third-order valence-electron chi connectivity index (χ3n) is 5.03. The van der Waals surface area contributed by atoms with E-state index in [2.05, 4.69) is 5.32 Å². The van der Waals surface area contributed by atoms with Crippen molar-refractivity contribution in [3.05, 3.63) is 66.0 Å². The highest BCUT2D eigenvalue weighted by atomic mass is 19.1. The Bertz CT molecular complexity index is 787. The molecule has 1 heterocycles. The van der Waals surface area contributed by atoms with Crippen molar-refractivity contribution < 1.29 is 14.0 Å². The zero-order chi connectivity index (χ0) is 19.9. The van der Waals surface area contributed by atoms with Crippen LogP contribution in [0.3, 0.4) is 0 Å². The summed E-state index contributed by atoms with van der Waals surface area (Å²) >= 11 is 0. The molecule has 0 spiro atoms. The molecule has 1 fully saturated rings. The lowest BCUT2D eigenvalue weighted by Crippen LogP contribution is -2.45. The fraction of sp³-hybridized carbons (Fsp3) is 0.364. The van der Waals surface area contributed by atoms with E-state index >= 15 is 0 Å². The summed E-state index contributed by atoms with van der Waals surface area (Å²) in [4.78, 5) is 28.7. The van der Waals surface area contributed by atoms with E-state index in [9.17, 15) is 14.0 Å². The molecular weight excluding hydrogens is 357 g/mol. The number of likely N-dealkylation sites (N-methyl/N-ethyl adjacent to an activating group) is 1. The summed E-state index contributed by atoms with van der Waals surface area (Å²) in [5.74, 6) is -0.249. The Morgan fingerprint density at radius 1 is 1.07 bits per heavy atom. The van der Waals surface area contributed by atoms with Crippen LogP contribution in [0.1, 0.15) is 18.4 Å². The van der Waals surface area contributed by atoms with Crippen molar-refractivity contribution in [1.29, 1.82) is 0 Å². The van der Waals surface area contributed by atoms with Gasteiger partial charge >= 0.3 is 0 Å². The van der Waals surface area contributed by atoms with Crippen LogP contribution in [0.4, 0.5) is 10.1 Å². The number of nitrogens with zero attached hydrogens (tertiary/aromatic N) is 2. The highest BCUT2D eigenvalue weighted by Crippen LogP contribution is 2.20. The molecule has 1 N–H and O–H groups in total. The summed E-state index contributed by atoms with van der Waals surface area (Å²) in [5, 5.41) is 2.94.